The summed E-state index contributed by atoms with van der Waals surface area (Å²) in [5.41, 5.74) is 8.70. The van der Waals surface area contributed by atoms with Crippen LogP contribution >= 0.6 is 0 Å². The molecule has 2 amide bonds. The molecule has 4 rings (SSSR count). The van der Waals surface area contributed by atoms with Crippen LogP contribution < -0.4 is 51.7 Å². The van der Waals surface area contributed by atoms with Gasteiger partial charge in [0.05, 0.1) is 11.1 Å². The van der Waals surface area contributed by atoms with Crippen LogP contribution in [0.3, 0.4) is 0 Å². The second-order valence-electron chi connectivity index (χ2n) is 10.2. The number of anilines is 4. The maximum Gasteiger partial charge on any atom is 1.00 e. The molecule has 0 saturated heterocycles. The topological polar surface area (TPSA) is 328 Å². The van der Waals surface area contributed by atoms with Gasteiger partial charge in [-0.05, 0) is 71.8 Å². The summed E-state index contributed by atoms with van der Waals surface area (Å²) < 4.78 is 135. The van der Waals surface area contributed by atoms with E-state index >= 15 is 0 Å². The van der Waals surface area contributed by atoms with Crippen molar-refractivity contribution in [2.45, 2.75) is 19.6 Å². The van der Waals surface area contributed by atoms with Crippen molar-refractivity contribution >= 4 is 87.2 Å². The number of benzene rings is 4. The number of hydrogen-bond acceptors (Lipinski definition) is 12. The number of amides is 2. The summed E-state index contributed by atoms with van der Waals surface area (Å²) in [5, 5.41) is 4.45. The van der Waals surface area contributed by atoms with Gasteiger partial charge in [0.25, 0.3) is 52.3 Å². The first-order chi connectivity index (χ1) is 22.9. The normalized spacial score (nSPS) is 12.2. The van der Waals surface area contributed by atoms with Crippen LogP contribution in [0.25, 0.3) is 12.2 Å². The first-order valence-corrected chi connectivity index (χ1v) is 19.0. The molecule has 0 aliphatic rings. The molecule has 0 radical (unpaired) electrons. The fourth-order valence-electron chi connectivity index (χ4n) is 4.40. The Labute approximate surface area is 312 Å². The molecule has 264 valence electrons. The summed E-state index contributed by atoms with van der Waals surface area (Å²) in [6.07, 6.45) is 2.03. The van der Waals surface area contributed by atoms with Crippen molar-refractivity contribution in [2.24, 2.45) is 0 Å². The SMILES string of the molecule is Nc1ccc(C(=O)Nc2ccc(/C=C/c3ccc(NC(=O)c4ccc(N)cc4S(=O)(=O)O)cc3S(=O)(=O)O)c(S(=O)(=O)O)c2)c(S(=O)(=O)O)c1.[Na+]. The van der Waals surface area contributed by atoms with Gasteiger partial charge in [0.15, 0.2) is 0 Å². The van der Waals surface area contributed by atoms with Gasteiger partial charge >= 0.3 is 29.6 Å². The quantitative estimate of drug-likeness (QED) is 0.0435. The minimum absolute atomic E-state index is 0. The van der Waals surface area contributed by atoms with Crippen molar-refractivity contribution in [3.05, 3.63) is 95.1 Å². The van der Waals surface area contributed by atoms with Crippen LogP contribution in [0.4, 0.5) is 22.7 Å². The average molecular weight is 792 g/mol. The van der Waals surface area contributed by atoms with Gasteiger partial charge < -0.3 is 22.1 Å². The van der Waals surface area contributed by atoms with Crippen molar-refractivity contribution in [3.63, 3.8) is 0 Å². The number of nitrogen functional groups attached to an aromatic ring is 2. The van der Waals surface area contributed by atoms with Crippen LogP contribution in [0, 0.1) is 0 Å². The largest absolute Gasteiger partial charge is 1.00 e. The van der Waals surface area contributed by atoms with E-state index in [1.165, 1.54) is 12.1 Å². The molecule has 0 aromatic heterocycles. The Bertz CT molecular complexity index is 2380. The van der Waals surface area contributed by atoms with Crippen molar-refractivity contribution in [2.75, 3.05) is 22.1 Å². The Morgan fingerprint density at radius 2 is 0.804 bits per heavy atom. The number of hydrogen-bond donors (Lipinski definition) is 8. The van der Waals surface area contributed by atoms with Crippen molar-refractivity contribution in [3.8, 4) is 0 Å². The molecule has 0 aliphatic carbocycles. The second kappa shape index (κ2) is 15.2. The molecule has 0 saturated carbocycles. The van der Waals surface area contributed by atoms with E-state index in [0.29, 0.717) is 0 Å². The van der Waals surface area contributed by atoms with E-state index in [1.54, 1.807) is 0 Å². The van der Waals surface area contributed by atoms with Crippen molar-refractivity contribution in [1.82, 2.24) is 0 Å². The fraction of sp³-hybridized carbons (Fsp3) is 0. The van der Waals surface area contributed by atoms with Crippen LogP contribution in [0.1, 0.15) is 31.8 Å². The number of rotatable bonds is 10. The van der Waals surface area contributed by atoms with E-state index in [2.05, 4.69) is 10.6 Å². The third kappa shape index (κ3) is 10.2. The van der Waals surface area contributed by atoms with Gasteiger partial charge in [0, 0.05) is 22.7 Å². The molecule has 10 N–H and O–H groups in total. The third-order valence-corrected chi connectivity index (χ3v) is 10.2. The van der Waals surface area contributed by atoms with Gasteiger partial charge in [-0.25, -0.2) is 0 Å². The molecule has 18 nitrogen and oxygen atoms in total. The summed E-state index contributed by atoms with van der Waals surface area (Å²) in [7, 11) is -19.9. The van der Waals surface area contributed by atoms with Crippen LogP contribution in [-0.2, 0) is 40.5 Å². The fourth-order valence-corrected chi connectivity index (χ4v) is 7.27. The molecule has 0 heterocycles. The summed E-state index contributed by atoms with van der Waals surface area (Å²) in [5.74, 6) is -2.23. The molecule has 23 heteroatoms. The second-order valence-corrected chi connectivity index (χ2v) is 15.7. The first-order valence-electron chi connectivity index (χ1n) is 13.2. The average Bonchev–Trinajstić information content (AvgIpc) is 2.98. The zero-order valence-corrected chi connectivity index (χ0v) is 31.0. The first kappa shape index (κ1) is 41.2. The Balaban J connectivity index is 0.00000702. The molecule has 0 aliphatic heterocycles. The molecule has 0 fully saturated rings. The molecule has 4 aromatic rings. The van der Waals surface area contributed by atoms with Crippen LogP contribution in [0.15, 0.2) is 92.4 Å². The van der Waals surface area contributed by atoms with E-state index in [-0.39, 0.29) is 63.4 Å². The molecule has 0 bridgehead atoms. The monoisotopic (exact) mass is 791 g/mol. The number of carbonyl (C=O) groups is 2. The van der Waals surface area contributed by atoms with Crippen LogP contribution in [0.5, 0.6) is 0 Å². The molecule has 0 unspecified atom stereocenters. The Kier molecular flexibility index (Phi) is 12.3. The van der Waals surface area contributed by atoms with E-state index in [0.717, 1.165) is 72.8 Å². The van der Waals surface area contributed by atoms with Crippen molar-refractivity contribution in [1.29, 1.82) is 0 Å². The summed E-state index contributed by atoms with van der Waals surface area (Å²) in [6, 6.07) is 12.0. The molecular weight excluding hydrogens is 768 g/mol. The van der Waals surface area contributed by atoms with E-state index in [1.807, 2.05) is 0 Å². The van der Waals surface area contributed by atoms with Gasteiger partial charge in [-0.3, -0.25) is 27.8 Å². The minimum Gasteiger partial charge on any atom is -0.399 e. The predicted octanol–water partition coefficient (Wildman–Crippen LogP) is -0.483. The van der Waals surface area contributed by atoms with Gasteiger partial charge in [-0.1, -0.05) is 24.3 Å². The Morgan fingerprint density at radius 3 is 1.10 bits per heavy atom. The van der Waals surface area contributed by atoms with Crippen LogP contribution in [-0.4, -0.2) is 63.7 Å². The minimum atomic E-state index is -5.04. The molecule has 0 spiro atoms. The van der Waals surface area contributed by atoms with Gasteiger partial charge in [-0.15, -0.1) is 0 Å². The Morgan fingerprint density at radius 1 is 0.490 bits per heavy atom. The van der Waals surface area contributed by atoms with Crippen LogP contribution in [0.2, 0.25) is 0 Å². The molecule has 0 atom stereocenters. The molecular formula is C28H24N4NaO14S4+. The maximum absolute atomic E-state index is 12.8. The third-order valence-electron chi connectivity index (χ3n) is 6.60. The van der Waals surface area contributed by atoms with Gasteiger partial charge in [0.2, 0.25) is 0 Å². The zero-order valence-electron chi connectivity index (χ0n) is 25.7. The molecule has 51 heavy (non-hydrogen) atoms. The van der Waals surface area contributed by atoms with E-state index < -0.39 is 83.0 Å². The summed E-state index contributed by atoms with van der Waals surface area (Å²) >= 11 is 0. The number of carbonyl (C=O) groups excluding carboxylic acids is 2. The standard InChI is InChI=1S/C28H24N4O14S4.Na/c29-17-5-9-21(25(11-17)49(41,42)43)27(33)31-19-7-3-15(23(13-19)47(35,36)37)1-2-16-4-8-20(14-24(16)48(38,39)40)32-28(34)22-10-6-18(30)12-26(22)50(44,45)46;/h1-14H,29-30H2,(H,31,33)(H,32,34)(H,35,36,37)(H,38,39,40)(H,41,42,43)(H,44,45,46);/q;+1/b2-1+;. The zero-order chi connectivity index (χ0) is 37.4. The summed E-state index contributed by atoms with van der Waals surface area (Å²) in [6.45, 7) is 0. The van der Waals surface area contributed by atoms with E-state index in [9.17, 15) is 61.5 Å². The van der Waals surface area contributed by atoms with Gasteiger partial charge in [0.1, 0.15) is 19.6 Å². The Hall–Kier alpha value is -4.20. The smallest absolute Gasteiger partial charge is 0.399 e. The number of nitrogens with one attached hydrogen (secondary N) is 2. The van der Waals surface area contributed by atoms with E-state index in [4.69, 9.17) is 11.5 Å². The number of nitrogens with two attached hydrogens (primary N) is 2. The maximum atomic E-state index is 12.8. The van der Waals surface area contributed by atoms with Gasteiger partial charge in [-0.2, -0.15) is 33.7 Å². The summed E-state index contributed by atoms with van der Waals surface area (Å²) in [4.78, 5) is 22.4. The predicted molar refractivity (Wildman–Crippen MR) is 179 cm³/mol. The van der Waals surface area contributed by atoms with Crippen molar-refractivity contribution < 1.29 is 91.0 Å². The molecule has 4 aromatic carbocycles.